The Labute approximate surface area is 154 Å². The largest absolute Gasteiger partial charge is 0.494 e. The Kier molecular flexibility index (Phi) is 4.68. The molecule has 7 nitrogen and oxygen atoms in total. The molecule has 4 rings (SSSR count). The number of ether oxygens (including phenoxy) is 2. The van der Waals surface area contributed by atoms with E-state index in [4.69, 9.17) is 9.47 Å². The molecule has 1 N–H and O–H groups in total. The first-order valence-electron chi connectivity index (χ1n) is 8.28. The summed E-state index contributed by atoms with van der Waals surface area (Å²) in [5, 5.41) is 3.25. The molecular formula is C18H18N4O3S. The first-order valence-corrected chi connectivity index (χ1v) is 9.09. The van der Waals surface area contributed by atoms with Crippen LogP contribution in [0.2, 0.25) is 0 Å². The number of amides is 1. The predicted octanol–water partition coefficient (Wildman–Crippen LogP) is 2.79. The van der Waals surface area contributed by atoms with Gasteiger partial charge >= 0.3 is 0 Å². The molecule has 1 aromatic carbocycles. The minimum atomic E-state index is -0.243. The van der Waals surface area contributed by atoms with Gasteiger partial charge < -0.3 is 19.7 Å². The quantitative estimate of drug-likeness (QED) is 0.761. The van der Waals surface area contributed by atoms with Gasteiger partial charge in [-0.15, -0.1) is 11.3 Å². The molecule has 1 aliphatic rings. The highest BCUT2D eigenvalue weighted by Crippen LogP contribution is 2.38. The summed E-state index contributed by atoms with van der Waals surface area (Å²) in [7, 11) is 1.61. The number of nitrogens with one attached hydrogen (secondary N) is 1. The summed E-state index contributed by atoms with van der Waals surface area (Å²) in [6.07, 6.45) is 3.26. The van der Waals surface area contributed by atoms with E-state index in [2.05, 4.69) is 20.2 Å². The molecule has 26 heavy (non-hydrogen) atoms. The highest BCUT2D eigenvalue weighted by molar-refractivity contribution is 7.21. The molecule has 0 spiro atoms. The van der Waals surface area contributed by atoms with Gasteiger partial charge in [0.15, 0.2) is 5.01 Å². The lowest BCUT2D eigenvalue weighted by atomic mass is 10.2. The molecule has 1 amide bonds. The fraction of sp³-hybridized carbons (Fsp3) is 0.278. The highest BCUT2D eigenvalue weighted by atomic mass is 32.1. The van der Waals surface area contributed by atoms with Crippen molar-refractivity contribution in [1.29, 1.82) is 0 Å². The molecular weight excluding hydrogens is 352 g/mol. The van der Waals surface area contributed by atoms with Crippen molar-refractivity contribution >= 4 is 38.8 Å². The summed E-state index contributed by atoms with van der Waals surface area (Å²) in [5.41, 5.74) is 2.45. The third-order valence-electron chi connectivity index (χ3n) is 4.19. The predicted molar refractivity (Wildman–Crippen MR) is 101 cm³/mol. The zero-order chi connectivity index (χ0) is 17.9. The summed E-state index contributed by atoms with van der Waals surface area (Å²) < 4.78 is 11.8. The zero-order valence-electron chi connectivity index (χ0n) is 14.3. The zero-order valence-corrected chi connectivity index (χ0v) is 15.1. The van der Waals surface area contributed by atoms with E-state index in [9.17, 15) is 4.79 Å². The van der Waals surface area contributed by atoms with E-state index in [-0.39, 0.29) is 5.91 Å². The van der Waals surface area contributed by atoms with Crippen LogP contribution in [0.3, 0.4) is 0 Å². The van der Waals surface area contributed by atoms with Crippen molar-refractivity contribution in [3.8, 4) is 5.75 Å². The number of carbonyl (C=O) groups is 1. The average molecular weight is 370 g/mol. The van der Waals surface area contributed by atoms with E-state index < -0.39 is 0 Å². The van der Waals surface area contributed by atoms with Crippen LogP contribution in [-0.2, 0) is 4.74 Å². The second-order valence-electron chi connectivity index (χ2n) is 5.77. The Morgan fingerprint density at radius 2 is 2.00 bits per heavy atom. The Balaban J connectivity index is 1.71. The van der Waals surface area contributed by atoms with Gasteiger partial charge in [-0.25, -0.2) is 4.98 Å². The molecule has 1 aliphatic heterocycles. The van der Waals surface area contributed by atoms with Crippen LogP contribution >= 0.6 is 11.3 Å². The maximum atomic E-state index is 12.6. The normalized spacial score (nSPS) is 14.4. The van der Waals surface area contributed by atoms with Crippen molar-refractivity contribution < 1.29 is 14.3 Å². The van der Waals surface area contributed by atoms with Crippen molar-refractivity contribution in [3.05, 3.63) is 41.7 Å². The number of anilines is 2. The van der Waals surface area contributed by atoms with Crippen LogP contribution in [0.25, 0.3) is 10.2 Å². The maximum Gasteiger partial charge on any atom is 0.284 e. The third-order valence-corrected chi connectivity index (χ3v) is 5.27. The van der Waals surface area contributed by atoms with Crippen LogP contribution in [-0.4, -0.2) is 49.3 Å². The van der Waals surface area contributed by atoms with E-state index in [1.54, 1.807) is 31.6 Å². The molecule has 8 heteroatoms. The topological polar surface area (TPSA) is 76.6 Å². The smallest absolute Gasteiger partial charge is 0.284 e. The summed E-state index contributed by atoms with van der Waals surface area (Å²) in [6.45, 7) is 3.03. The first-order chi connectivity index (χ1) is 12.8. The number of hydrogen-bond donors (Lipinski definition) is 1. The van der Waals surface area contributed by atoms with E-state index in [1.165, 1.54) is 11.3 Å². The van der Waals surface area contributed by atoms with Crippen LogP contribution in [0.5, 0.6) is 5.75 Å². The second-order valence-corrected chi connectivity index (χ2v) is 6.77. The van der Waals surface area contributed by atoms with Crippen LogP contribution in [0.1, 0.15) is 9.80 Å². The number of fused-ring (bicyclic) bond motifs is 1. The number of rotatable bonds is 4. The van der Waals surface area contributed by atoms with Crippen molar-refractivity contribution in [1.82, 2.24) is 9.97 Å². The molecule has 3 heterocycles. The van der Waals surface area contributed by atoms with E-state index in [1.807, 2.05) is 12.1 Å². The second kappa shape index (κ2) is 7.27. The lowest BCUT2D eigenvalue weighted by Gasteiger charge is -2.29. The molecule has 0 bridgehead atoms. The molecule has 134 valence electrons. The fourth-order valence-electron chi connectivity index (χ4n) is 2.90. The number of pyridine rings is 1. The van der Waals surface area contributed by atoms with Gasteiger partial charge in [0.25, 0.3) is 5.91 Å². The van der Waals surface area contributed by atoms with E-state index in [0.717, 1.165) is 23.5 Å². The molecule has 0 radical (unpaired) electrons. The van der Waals surface area contributed by atoms with Gasteiger partial charge in [0, 0.05) is 31.2 Å². The molecule has 0 saturated carbocycles. The van der Waals surface area contributed by atoms with Gasteiger partial charge in [-0.2, -0.15) is 0 Å². The molecule has 1 saturated heterocycles. The van der Waals surface area contributed by atoms with Crippen molar-refractivity contribution in [2.45, 2.75) is 0 Å². The van der Waals surface area contributed by atoms with Crippen LogP contribution in [0.15, 0.2) is 36.7 Å². The summed E-state index contributed by atoms with van der Waals surface area (Å²) in [6, 6.07) is 7.41. The summed E-state index contributed by atoms with van der Waals surface area (Å²) in [4.78, 5) is 23.4. The number of nitrogens with zero attached hydrogens (tertiary/aromatic N) is 3. The maximum absolute atomic E-state index is 12.6. The lowest BCUT2D eigenvalue weighted by molar-refractivity contribution is 0.102. The number of morpholine rings is 1. The minimum absolute atomic E-state index is 0.243. The minimum Gasteiger partial charge on any atom is -0.494 e. The van der Waals surface area contributed by atoms with Gasteiger partial charge in [0.1, 0.15) is 11.3 Å². The van der Waals surface area contributed by atoms with Crippen molar-refractivity contribution in [2.24, 2.45) is 0 Å². The summed E-state index contributed by atoms with van der Waals surface area (Å²) >= 11 is 1.37. The van der Waals surface area contributed by atoms with Crippen LogP contribution in [0.4, 0.5) is 11.4 Å². The number of benzene rings is 1. The Morgan fingerprint density at radius 1 is 1.23 bits per heavy atom. The molecule has 0 aliphatic carbocycles. The van der Waals surface area contributed by atoms with Crippen LogP contribution in [0, 0.1) is 0 Å². The Morgan fingerprint density at radius 3 is 2.73 bits per heavy atom. The Hall–Kier alpha value is -2.71. The van der Waals surface area contributed by atoms with E-state index >= 15 is 0 Å². The van der Waals surface area contributed by atoms with Gasteiger partial charge in [0.2, 0.25) is 0 Å². The first kappa shape index (κ1) is 16.7. The number of carbonyl (C=O) groups excluding carboxylic acids is 1. The number of aromatic nitrogens is 2. The molecule has 2 aromatic heterocycles. The third kappa shape index (κ3) is 3.21. The molecule has 0 unspecified atom stereocenters. The SMILES string of the molecule is COc1ccc(N2CCOCC2)c2sc(C(=O)Nc3ccncc3)nc12. The fourth-order valence-corrected chi connectivity index (χ4v) is 3.92. The van der Waals surface area contributed by atoms with Crippen molar-refractivity contribution in [3.63, 3.8) is 0 Å². The van der Waals surface area contributed by atoms with Gasteiger partial charge in [-0.1, -0.05) is 0 Å². The Bertz CT molecular complexity index is 923. The number of thiazole rings is 1. The monoisotopic (exact) mass is 370 g/mol. The van der Waals surface area contributed by atoms with Crippen molar-refractivity contribution in [2.75, 3.05) is 43.6 Å². The molecule has 3 aromatic rings. The summed E-state index contributed by atoms with van der Waals surface area (Å²) in [5.74, 6) is 0.420. The van der Waals surface area contributed by atoms with Gasteiger partial charge in [-0.3, -0.25) is 9.78 Å². The van der Waals surface area contributed by atoms with E-state index in [0.29, 0.717) is 35.2 Å². The standard InChI is InChI=1S/C18H18N4O3S/c1-24-14-3-2-13(22-8-10-25-11-9-22)16-15(14)21-18(26-16)17(23)20-12-4-6-19-7-5-12/h2-7H,8-11H2,1H3,(H,19,20,23). The average Bonchev–Trinajstić information content (AvgIpc) is 3.14. The van der Waals surface area contributed by atoms with Gasteiger partial charge in [-0.05, 0) is 24.3 Å². The highest BCUT2D eigenvalue weighted by Gasteiger charge is 2.21. The number of hydrogen-bond acceptors (Lipinski definition) is 7. The number of methoxy groups -OCH3 is 1. The van der Waals surface area contributed by atoms with Gasteiger partial charge in [0.05, 0.1) is 30.7 Å². The lowest BCUT2D eigenvalue weighted by Crippen LogP contribution is -2.36. The van der Waals surface area contributed by atoms with Crippen LogP contribution < -0.4 is 15.0 Å². The molecule has 1 fully saturated rings. The molecule has 0 atom stereocenters.